The zero-order chi connectivity index (χ0) is 37.3. The second-order valence-electron chi connectivity index (χ2n) is 14.1. The minimum atomic E-state index is 1.09. The van der Waals surface area contributed by atoms with E-state index in [4.69, 9.17) is 0 Å². The van der Waals surface area contributed by atoms with Crippen molar-refractivity contribution in [3.63, 3.8) is 0 Å². The van der Waals surface area contributed by atoms with E-state index in [9.17, 15) is 0 Å². The molecule has 0 aliphatic rings. The van der Waals surface area contributed by atoms with E-state index < -0.39 is 0 Å². The standard InChI is InChI=1S/C54H38N2/c1-5-19-39(20-6-1)45-27-13-14-29-47(45)48-36-34-44(38-51(48)40-21-7-2-8-22-40)55(42-23-9-3-10-24-42)52-31-17-15-28-46(52)41-33-35-50-49-30-16-18-32-53(49)56(54(50)37-41)43-25-11-4-12-26-43/h1-38H. The Morgan fingerprint density at radius 1 is 0.286 bits per heavy atom. The second-order valence-corrected chi connectivity index (χ2v) is 14.1. The molecule has 0 fully saturated rings. The Morgan fingerprint density at radius 3 is 1.55 bits per heavy atom. The molecule has 0 saturated heterocycles. The van der Waals surface area contributed by atoms with Crippen molar-refractivity contribution in [3.05, 3.63) is 231 Å². The molecule has 56 heavy (non-hydrogen) atoms. The fourth-order valence-corrected chi connectivity index (χ4v) is 8.26. The number of hydrogen-bond donors (Lipinski definition) is 0. The summed E-state index contributed by atoms with van der Waals surface area (Å²) in [6.07, 6.45) is 0. The largest absolute Gasteiger partial charge is 0.310 e. The molecule has 264 valence electrons. The molecule has 2 heteroatoms. The van der Waals surface area contributed by atoms with Crippen molar-refractivity contribution < 1.29 is 0 Å². The molecule has 1 aromatic heterocycles. The summed E-state index contributed by atoms with van der Waals surface area (Å²) in [6, 6.07) is 83.1. The van der Waals surface area contributed by atoms with E-state index in [1.807, 2.05) is 0 Å². The van der Waals surface area contributed by atoms with Crippen LogP contribution >= 0.6 is 0 Å². The van der Waals surface area contributed by atoms with E-state index in [0.717, 1.165) is 33.9 Å². The molecular formula is C54H38N2. The molecule has 0 saturated carbocycles. The number of anilines is 3. The SMILES string of the molecule is c1ccc(-c2ccccc2-c2ccc(N(c3ccccc3)c3ccccc3-c3ccc4c5ccccc5n(-c5ccccc5)c4c3)cc2-c2ccccc2)cc1. The summed E-state index contributed by atoms with van der Waals surface area (Å²) < 4.78 is 2.39. The zero-order valence-corrected chi connectivity index (χ0v) is 30.8. The second kappa shape index (κ2) is 14.4. The van der Waals surface area contributed by atoms with Gasteiger partial charge < -0.3 is 9.47 Å². The number of para-hydroxylation sites is 4. The Balaban J connectivity index is 1.18. The number of nitrogens with zero attached hydrogens (tertiary/aromatic N) is 2. The molecule has 0 amide bonds. The number of aromatic nitrogens is 1. The first-order valence-electron chi connectivity index (χ1n) is 19.2. The highest BCUT2D eigenvalue weighted by molar-refractivity contribution is 6.10. The highest BCUT2D eigenvalue weighted by Crippen LogP contribution is 2.46. The first-order chi connectivity index (χ1) is 27.8. The van der Waals surface area contributed by atoms with Crippen LogP contribution in [0.1, 0.15) is 0 Å². The van der Waals surface area contributed by atoms with Crippen molar-refractivity contribution in [2.75, 3.05) is 4.90 Å². The van der Waals surface area contributed by atoms with Crippen LogP contribution in [-0.2, 0) is 0 Å². The van der Waals surface area contributed by atoms with Gasteiger partial charge in [-0.3, -0.25) is 0 Å². The van der Waals surface area contributed by atoms with Crippen LogP contribution in [0, 0.1) is 0 Å². The van der Waals surface area contributed by atoms with E-state index in [0.29, 0.717) is 0 Å². The Kier molecular flexibility index (Phi) is 8.55. The Labute approximate surface area is 327 Å². The van der Waals surface area contributed by atoms with E-state index in [2.05, 4.69) is 240 Å². The fraction of sp³-hybridized carbons (Fsp3) is 0. The van der Waals surface area contributed by atoms with Gasteiger partial charge in [0.15, 0.2) is 0 Å². The summed E-state index contributed by atoms with van der Waals surface area (Å²) in [5.74, 6) is 0. The van der Waals surface area contributed by atoms with Crippen LogP contribution in [0.3, 0.4) is 0 Å². The van der Waals surface area contributed by atoms with Crippen LogP contribution in [0.25, 0.3) is 72.0 Å². The summed E-state index contributed by atoms with van der Waals surface area (Å²) in [7, 11) is 0. The Morgan fingerprint density at radius 2 is 0.821 bits per heavy atom. The minimum absolute atomic E-state index is 1.09. The van der Waals surface area contributed by atoms with Gasteiger partial charge in [-0.1, -0.05) is 176 Å². The van der Waals surface area contributed by atoms with Crippen molar-refractivity contribution in [3.8, 4) is 50.2 Å². The highest BCUT2D eigenvalue weighted by atomic mass is 15.1. The van der Waals surface area contributed by atoms with Crippen molar-refractivity contribution in [1.29, 1.82) is 0 Å². The van der Waals surface area contributed by atoms with E-state index in [-0.39, 0.29) is 0 Å². The quantitative estimate of drug-likeness (QED) is 0.152. The lowest BCUT2D eigenvalue weighted by atomic mass is 9.89. The number of benzene rings is 9. The van der Waals surface area contributed by atoms with Crippen LogP contribution in [0.2, 0.25) is 0 Å². The predicted molar refractivity (Wildman–Crippen MR) is 237 cm³/mol. The predicted octanol–water partition coefficient (Wildman–Crippen LogP) is 14.9. The molecule has 0 aliphatic heterocycles. The number of rotatable bonds is 8. The smallest absolute Gasteiger partial charge is 0.0547 e. The molecule has 9 aromatic carbocycles. The van der Waals surface area contributed by atoms with Crippen LogP contribution in [0.15, 0.2) is 231 Å². The lowest BCUT2D eigenvalue weighted by Gasteiger charge is -2.29. The Bertz CT molecular complexity index is 2950. The van der Waals surface area contributed by atoms with Crippen molar-refractivity contribution >= 4 is 38.9 Å². The topological polar surface area (TPSA) is 8.17 Å². The third-order valence-corrected chi connectivity index (χ3v) is 10.8. The molecule has 0 unspecified atom stereocenters. The fourth-order valence-electron chi connectivity index (χ4n) is 8.26. The molecule has 10 rings (SSSR count). The molecule has 0 aliphatic carbocycles. The third-order valence-electron chi connectivity index (χ3n) is 10.8. The molecule has 10 aromatic rings. The van der Waals surface area contributed by atoms with Gasteiger partial charge in [0.05, 0.1) is 16.7 Å². The van der Waals surface area contributed by atoms with Gasteiger partial charge in [-0.25, -0.2) is 0 Å². The van der Waals surface area contributed by atoms with Gasteiger partial charge in [-0.15, -0.1) is 0 Å². The average Bonchev–Trinajstić information content (AvgIpc) is 3.61. The molecule has 1 heterocycles. The maximum Gasteiger partial charge on any atom is 0.0547 e. The highest BCUT2D eigenvalue weighted by Gasteiger charge is 2.21. The van der Waals surface area contributed by atoms with Crippen molar-refractivity contribution in [1.82, 2.24) is 4.57 Å². The Hall–Kier alpha value is -7.42. The van der Waals surface area contributed by atoms with Gasteiger partial charge in [0.2, 0.25) is 0 Å². The van der Waals surface area contributed by atoms with Crippen molar-refractivity contribution in [2.24, 2.45) is 0 Å². The number of hydrogen-bond acceptors (Lipinski definition) is 1. The van der Waals surface area contributed by atoms with E-state index in [1.165, 1.54) is 55.2 Å². The first kappa shape index (κ1) is 33.2. The maximum atomic E-state index is 2.41. The van der Waals surface area contributed by atoms with Crippen LogP contribution < -0.4 is 4.90 Å². The summed E-state index contributed by atoms with van der Waals surface area (Å²) in [5, 5.41) is 2.49. The van der Waals surface area contributed by atoms with Gasteiger partial charge in [-0.05, 0) is 93.5 Å². The van der Waals surface area contributed by atoms with Crippen LogP contribution in [0.4, 0.5) is 17.1 Å². The van der Waals surface area contributed by atoms with Gasteiger partial charge in [0, 0.05) is 33.4 Å². The summed E-state index contributed by atoms with van der Waals surface area (Å²) in [4.78, 5) is 2.41. The van der Waals surface area contributed by atoms with Crippen molar-refractivity contribution in [2.45, 2.75) is 0 Å². The monoisotopic (exact) mass is 714 g/mol. The normalized spacial score (nSPS) is 11.2. The van der Waals surface area contributed by atoms with E-state index in [1.54, 1.807) is 0 Å². The summed E-state index contributed by atoms with van der Waals surface area (Å²) in [5.41, 5.74) is 16.3. The molecular weight excluding hydrogens is 677 g/mol. The molecule has 0 radical (unpaired) electrons. The van der Waals surface area contributed by atoms with Gasteiger partial charge in [0.1, 0.15) is 0 Å². The molecule has 2 nitrogen and oxygen atoms in total. The summed E-state index contributed by atoms with van der Waals surface area (Å²) in [6.45, 7) is 0. The van der Waals surface area contributed by atoms with E-state index >= 15 is 0 Å². The minimum Gasteiger partial charge on any atom is -0.310 e. The number of fused-ring (bicyclic) bond motifs is 3. The van der Waals surface area contributed by atoms with Crippen LogP contribution in [0.5, 0.6) is 0 Å². The van der Waals surface area contributed by atoms with Crippen LogP contribution in [-0.4, -0.2) is 4.57 Å². The summed E-state index contributed by atoms with van der Waals surface area (Å²) >= 11 is 0. The zero-order valence-electron chi connectivity index (χ0n) is 30.8. The average molecular weight is 715 g/mol. The molecule has 0 atom stereocenters. The molecule has 0 N–H and O–H groups in total. The van der Waals surface area contributed by atoms with Gasteiger partial charge >= 0.3 is 0 Å². The maximum absolute atomic E-state index is 2.41. The van der Waals surface area contributed by atoms with Gasteiger partial charge in [0.25, 0.3) is 0 Å². The van der Waals surface area contributed by atoms with Gasteiger partial charge in [-0.2, -0.15) is 0 Å². The lowest BCUT2D eigenvalue weighted by molar-refractivity contribution is 1.18. The lowest BCUT2D eigenvalue weighted by Crippen LogP contribution is -2.11. The molecule has 0 spiro atoms. The molecule has 0 bridgehead atoms. The first-order valence-corrected chi connectivity index (χ1v) is 19.2. The third kappa shape index (κ3) is 5.95.